The van der Waals surface area contributed by atoms with Crippen molar-refractivity contribution in [3.8, 4) is 5.75 Å². The van der Waals surface area contributed by atoms with Gasteiger partial charge in [-0.1, -0.05) is 25.5 Å². The van der Waals surface area contributed by atoms with Crippen molar-refractivity contribution < 1.29 is 5.11 Å². The second-order valence-electron chi connectivity index (χ2n) is 8.22. The number of phenols is 1. The summed E-state index contributed by atoms with van der Waals surface area (Å²) in [5.41, 5.74) is 3.36. The Kier molecular flexibility index (Phi) is 6.45. The molecule has 1 aromatic rings. The number of phenolic OH excluding ortho intramolecular Hbond substituents is 1. The molecule has 0 aliphatic rings. The number of hydrogen-bond donors (Lipinski definition) is 3. The molecule has 126 valence electrons. The number of aromatic hydroxyl groups is 1. The number of nitrogens with one attached hydrogen (secondary N) is 2. The van der Waals surface area contributed by atoms with Gasteiger partial charge in [0.1, 0.15) is 5.75 Å². The van der Waals surface area contributed by atoms with Gasteiger partial charge in [0.05, 0.1) is 0 Å². The minimum absolute atomic E-state index is 0.0387. The average Bonchev–Trinajstić information content (AvgIpc) is 2.35. The maximum atomic E-state index is 10.6. The molecule has 3 N–H and O–H groups in total. The lowest BCUT2D eigenvalue weighted by atomic mass is 9.99. The molecule has 0 atom stereocenters. The van der Waals surface area contributed by atoms with E-state index in [2.05, 4.69) is 71.2 Å². The summed E-state index contributed by atoms with van der Waals surface area (Å²) in [6, 6.07) is 4.27. The van der Waals surface area contributed by atoms with Crippen molar-refractivity contribution in [2.45, 2.75) is 85.5 Å². The van der Waals surface area contributed by atoms with E-state index in [1.165, 1.54) is 5.56 Å². The van der Waals surface area contributed by atoms with E-state index in [0.717, 1.165) is 24.0 Å². The zero-order chi connectivity index (χ0) is 17.0. The summed E-state index contributed by atoms with van der Waals surface area (Å²) >= 11 is 0. The molecular weight excluding hydrogens is 272 g/mol. The predicted molar refractivity (Wildman–Crippen MR) is 95.3 cm³/mol. The van der Waals surface area contributed by atoms with E-state index in [4.69, 9.17) is 0 Å². The largest absolute Gasteiger partial charge is 0.507 e. The van der Waals surface area contributed by atoms with Crippen molar-refractivity contribution >= 4 is 0 Å². The average molecular weight is 306 g/mol. The molecule has 0 unspecified atom stereocenters. The molecule has 0 aliphatic carbocycles. The fourth-order valence-electron chi connectivity index (χ4n) is 2.26. The summed E-state index contributed by atoms with van der Waals surface area (Å²) < 4.78 is 0. The highest BCUT2D eigenvalue weighted by atomic mass is 16.3. The van der Waals surface area contributed by atoms with E-state index in [1.54, 1.807) is 0 Å². The van der Waals surface area contributed by atoms with Gasteiger partial charge >= 0.3 is 0 Å². The van der Waals surface area contributed by atoms with Crippen LogP contribution < -0.4 is 10.6 Å². The van der Waals surface area contributed by atoms with Crippen molar-refractivity contribution in [2.75, 3.05) is 0 Å². The van der Waals surface area contributed by atoms with Crippen LogP contribution in [0.3, 0.4) is 0 Å². The number of aryl methyl sites for hydroxylation is 1. The van der Waals surface area contributed by atoms with Gasteiger partial charge in [-0.2, -0.15) is 0 Å². The van der Waals surface area contributed by atoms with Gasteiger partial charge in [-0.05, 0) is 53.5 Å². The van der Waals surface area contributed by atoms with Gasteiger partial charge in [-0.15, -0.1) is 0 Å². The first kappa shape index (κ1) is 19.0. The van der Waals surface area contributed by atoms with Crippen LogP contribution in [0.25, 0.3) is 0 Å². The summed E-state index contributed by atoms with van der Waals surface area (Å²) in [7, 11) is 0. The Hall–Kier alpha value is -1.06. The molecular formula is C19H34N2O. The molecule has 0 fully saturated rings. The van der Waals surface area contributed by atoms with Gasteiger partial charge in [-0.25, -0.2) is 0 Å². The highest BCUT2D eigenvalue weighted by Crippen LogP contribution is 2.26. The van der Waals surface area contributed by atoms with E-state index >= 15 is 0 Å². The van der Waals surface area contributed by atoms with E-state index in [0.29, 0.717) is 18.8 Å². The number of benzene rings is 1. The smallest absolute Gasteiger partial charge is 0.124 e. The molecule has 0 amide bonds. The minimum Gasteiger partial charge on any atom is -0.507 e. The molecule has 1 aromatic carbocycles. The topological polar surface area (TPSA) is 44.3 Å². The summed E-state index contributed by atoms with van der Waals surface area (Å²) in [5.74, 6) is 0.424. The summed E-state index contributed by atoms with van der Waals surface area (Å²) in [4.78, 5) is 0. The van der Waals surface area contributed by atoms with Crippen LogP contribution in [0.1, 0.15) is 71.6 Å². The molecule has 3 heteroatoms. The molecule has 0 radical (unpaired) electrons. The first-order valence-corrected chi connectivity index (χ1v) is 8.35. The molecule has 0 aliphatic heterocycles. The van der Waals surface area contributed by atoms with Crippen molar-refractivity contribution in [1.82, 2.24) is 10.6 Å². The highest BCUT2D eigenvalue weighted by Gasteiger charge is 2.15. The first-order chi connectivity index (χ1) is 10.0. The Morgan fingerprint density at radius 2 is 1.27 bits per heavy atom. The molecule has 0 saturated heterocycles. The SMILES string of the molecule is CCCc1cc(CNC(C)(C)C)c(O)c(CNC(C)(C)C)c1. The van der Waals surface area contributed by atoms with Gasteiger partial charge in [0.2, 0.25) is 0 Å². The van der Waals surface area contributed by atoms with E-state index < -0.39 is 0 Å². The highest BCUT2D eigenvalue weighted by molar-refractivity contribution is 5.44. The van der Waals surface area contributed by atoms with Crippen LogP contribution in [0.15, 0.2) is 12.1 Å². The third kappa shape index (κ3) is 6.80. The summed E-state index contributed by atoms with van der Waals surface area (Å²) in [6.07, 6.45) is 2.16. The minimum atomic E-state index is 0.0387. The predicted octanol–water partition coefficient (Wildman–Crippen LogP) is 4.12. The van der Waals surface area contributed by atoms with E-state index in [-0.39, 0.29) is 11.1 Å². The molecule has 0 spiro atoms. The monoisotopic (exact) mass is 306 g/mol. The number of rotatable bonds is 6. The molecule has 0 bridgehead atoms. The fraction of sp³-hybridized carbons (Fsp3) is 0.684. The lowest BCUT2D eigenvalue weighted by Crippen LogP contribution is -2.36. The molecule has 0 saturated carbocycles. The van der Waals surface area contributed by atoms with Gasteiger partial charge in [0.25, 0.3) is 0 Å². The Morgan fingerprint density at radius 3 is 1.59 bits per heavy atom. The van der Waals surface area contributed by atoms with E-state index in [1.807, 2.05) is 0 Å². The molecule has 1 rings (SSSR count). The van der Waals surface area contributed by atoms with Crippen LogP contribution >= 0.6 is 0 Å². The van der Waals surface area contributed by atoms with Crippen LogP contribution in [0, 0.1) is 0 Å². The first-order valence-electron chi connectivity index (χ1n) is 8.35. The van der Waals surface area contributed by atoms with Crippen molar-refractivity contribution in [3.63, 3.8) is 0 Å². The lowest BCUT2D eigenvalue weighted by molar-refractivity contribution is 0.399. The van der Waals surface area contributed by atoms with Gasteiger partial charge in [0, 0.05) is 35.3 Å². The van der Waals surface area contributed by atoms with Crippen LogP contribution in [0.2, 0.25) is 0 Å². The normalized spacial score (nSPS) is 12.7. The quantitative estimate of drug-likeness (QED) is 0.740. The standard InChI is InChI=1S/C19H34N2O/c1-8-9-14-10-15(12-20-18(2,3)4)17(22)16(11-14)13-21-19(5,6)7/h10-11,20-22H,8-9,12-13H2,1-7H3. The molecule has 3 nitrogen and oxygen atoms in total. The van der Waals surface area contributed by atoms with Gasteiger partial charge < -0.3 is 15.7 Å². The van der Waals surface area contributed by atoms with Crippen LogP contribution in [0.5, 0.6) is 5.75 Å². The Labute approximate surface area is 136 Å². The summed E-state index contributed by atoms with van der Waals surface area (Å²) in [5, 5.41) is 17.5. The second kappa shape index (κ2) is 7.47. The molecule has 0 aromatic heterocycles. The van der Waals surface area contributed by atoms with Crippen LogP contribution in [0.4, 0.5) is 0 Å². The number of hydrogen-bond acceptors (Lipinski definition) is 3. The summed E-state index contributed by atoms with van der Waals surface area (Å²) in [6.45, 7) is 16.4. The van der Waals surface area contributed by atoms with Crippen LogP contribution in [-0.2, 0) is 19.5 Å². The van der Waals surface area contributed by atoms with Crippen molar-refractivity contribution in [1.29, 1.82) is 0 Å². The Bertz CT molecular complexity index is 442. The third-order valence-electron chi connectivity index (χ3n) is 3.48. The zero-order valence-electron chi connectivity index (χ0n) is 15.4. The second-order valence-corrected chi connectivity index (χ2v) is 8.22. The van der Waals surface area contributed by atoms with Crippen LogP contribution in [-0.4, -0.2) is 16.2 Å². The van der Waals surface area contributed by atoms with Gasteiger partial charge in [0.15, 0.2) is 0 Å². The van der Waals surface area contributed by atoms with Crippen molar-refractivity contribution in [3.05, 3.63) is 28.8 Å². The fourth-order valence-corrected chi connectivity index (χ4v) is 2.26. The molecule has 22 heavy (non-hydrogen) atoms. The maximum absolute atomic E-state index is 10.6. The third-order valence-corrected chi connectivity index (χ3v) is 3.48. The van der Waals surface area contributed by atoms with Crippen molar-refractivity contribution in [2.24, 2.45) is 0 Å². The Morgan fingerprint density at radius 1 is 0.864 bits per heavy atom. The molecule has 0 heterocycles. The van der Waals surface area contributed by atoms with E-state index in [9.17, 15) is 5.11 Å². The Balaban J connectivity index is 3.01. The zero-order valence-corrected chi connectivity index (χ0v) is 15.4. The lowest BCUT2D eigenvalue weighted by Gasteiger charge is -2.24. The maximum Gasteiger partial charge on any atom is 0.124 e. The van der Waals surface area contributed by atoms with Gasteiger partial charge in [-0.3, -0.25) is 0 Å².